The molecule has 0 heterocycles. The van der Waals surface area contributed by atoms with Gasteiger partial charge in [0.15, 0.2) is 0 Å². The van der Waals surface area contributed by atoms with Gasteiger partial charge in [0, 0.05) is 6.42 Å². The van der Waals surface area contributed by atoms with E-state index in [1.807, 2.05) is 102 Å². The highest BCUT2D eigenvalue weighted by molar-refractivity contribution is 5.80. The number of nitrogens with one attached hydrogen (secondary N) is 1. The molecular formula is C30H41NO5. The van der Waals surface area contributed by atoms with E-state index in [2.05, 4.69) is 5.32 Å². The fraction of sp³-hybridized carbons (Fsp3) is 0.333. The Morgan fingerprint density at radius 1 is 0.694 bits per heavy atom. The summed E-state index contributed by atoms with van der Waals surface area (Å²) in [5.41, 5.74) is 2.66. The summed E-state index contributed by atoms with van der Waals surface area (Å²) in [6.07, 6.45) is -0.596. The molecule has 0 aliphatic heterocycles. The Morgan fingerprint density at radius 3 is 1.67 bits per heavy atom. The summed E-state index contributed by atoms with van der Waals surface area (Å²) in [4.78, 5) is 23.5. The minimum Gasteiger partial charge on any atom is -0.489 e. The van der Waals surface area contributed by atoms with Crippen LogP contribution in [0.4, 0.5) is 4.79 Å². The maximum Gasteiger partial charge on any atom is 0.408 e. The zero-order valence-electron chi connectivity index (χ0n) is 22.4. The van der Waals surface area contributed by atoms with E-state index < -0.39 is 18.1 Å². The molecule has 3 aromatic rings. The molecule has 0 saturated heterocycles. The van der Waals surface area contributed by atoms with E-state index in [9.17, 15) is 14.7 Å². The van der Waals surface area contributed by atoms with Crippen LogP contribution >= 0.6 is 0 Å². The van der Waals surface area contributed by atoms with Crippen molar-refractivity contribution in [2.45, 2.75) is 67.2 Å². The van der Waals surface area contributed by atoms with E-state index in [1.54, 1.807) is 24.3 Å². The van der Waals surface area contributed by atoms with Gasteiger partial charge in [-0.1, -0.05) is 114 Å². The largest absolute Gasteiger partial charge is 0.489 e. The molecule has 1 amide bonds. The fourth-order valence-corrected chi connectivity index (χ4v) is 2.81. The van der Waals surface area contributed by atoms with E-state index in [4.69, 9.17) is 9.47 Å². The second-order valence-corrected chi connectivity index (χ2v) is 6.72. The van der Waals surface area contributed by atoms with Crippen LogP contribution in [0.3, 0.4) is 0 Å². The van der Waals surface area contributed by atoms with Gasteiger partial charge < -0.3 is 19.9 Å². The third-order valence-electron chi connectivity index (χ3n) is 4.41. The molecule has 0 aromatic heterocycles. The highest BCUT2D eigenvalue weighted by Crippen LogP contribution is 2.15. The molecule has 1 atom stereocenters. The van der Waals surface area contributed by atoms with Gasteiger partial charge >= 0.3 is 12.1 Å². The molecule has 0 radical (unpaired) electrons. The third kappa shape index (κ3) is 13.2. The lowest BCUT2D eigenvalue weighted by atomic mass is 10.1. The average molecular weight is 496 g/mol. The van der Waals surface area contributed by atoms with Crippen LogP contribution in [0.1, 0.15) is 58.2 Å². The molecule has 0 aliphatic carbocycles. The van der Waals surface area contributed by atoms with Crippen LogP contribution in [0.25, 0.3) is 0 Å². The zero-order valence-corrected chi connectivity index (χ0v) is 22.4. The van der Waals surface area contributed by atoms with Crippen molar-refractivity contribution < 1.29 is 24.2 Å². The van der Waals surface area contributed by atoms with Gasteiger partial charge in [-0.25, -0.2) is 9.59 Å². The SMILES string of the molecule is CC.CC.CC.O=C(NC(Cc1ccccc1)C(=O)O)OCc1ccc(OCc2ccccc2)cc1. The molecule has 196 valence electrons. The topological polar surface area (TPSA) is 84.9 Å². The Hall–Kier alpha value is -3.80. The lowest BCUT2D eigenvalue weighted by Crippen LogP contribution is -2.42. The fourth-order valence-electron chi connectivity index (χ4n) is 2.81. The Kier molecular flexibility index (Phi) is 18.4. The Balaban J connectivity index is 0.00000190. The molecule has 36 heavy (non-hydrogen) atoms. The van der Waals surface area contributed by atoms with E-state index in [-0.39, 0.29) is 13.0 Å². The highest BCUT2D eigenvalue weighted by Gasteiger charge is 2.21. The molecule has 6 heteroatoms. The third-order valence-corrected chi connectivity index (χ3v) is 4.41. The first-order valence-electron chi connectivity index (χ1n) is 12.6. The summed E-state index contributed by atoms with van der Waals surface area (Å²) in [5.74, 6) is -0.406. The second-order valence-electron chi connectivity index (χ2n) is 6.72. The van der Waals surface area contributed by atoms with E-state index in [1.165, 1.54) is 0 Å². The van der Waals surface area contributed by atoms with Crippen LogP contribution < -0.4 is 10.1 Å². The molecule has 0 spiro atoms. The van der Waals surface area contributed by atoms with E-state index in [0.717, 1.165) is 16.7 Å². The van der Waals surface area contributed by atoms with Gasteiger partial charge in [-0.2, -0.15) is 0 Å². The number of alkyl carbamates (subject to hydrolysis) is 1. The summed E-state index contributed by atoms with van der Waals surface area (Å²) >= 11 is 0. The first-order chi connectivity index (χ1) is 17.6. The molecular weight excluding hydrogens is 454 g/mol. The number of benzene rings is 3. The number of amides is 1. The van der Waals surface area contributed by atoms with Crippen LogP contribution in [-0.2, 0) is 29.2 Å². The van der Waals surface area contributed by atoms with Crippen LogP contribution in [0.15, 0.2) is 84.9 Å². The monoisotopic (exact) mass is 495 g/mol. The maximum absolute atomic E-state index is 12.0. The molecule has 6 nitrogen and oxygen atoms in total. The molecule has 0 fully saturated rings. The van der Waals surface area contributed by atoms with Crippen molar-refractivity contribution >= 4 is 12.1 Å². The second kappa shape index (κ2) is 20.6. The molecule has 2 N–H and O–H groups in total. The number of ether oxygens (including phenoxy) is 2. The number of rotatable bonds is 9. The number of carbonyl (C=O) groups is 2. The van der Waals surface area contributed by atoms with Crippen molar-refractivity contribution in [2.24, 2.45) is 0 Å². The van der Waals surface area contributed by atoms with Gasteiger partial charge in [-0.3, -0.25) is 0 Å². The van der Waals surface area contributed by atoms with Crippen molar-refractivity contribution in [2.75, 3.05) is 0 Å². The number of hydrogen-bond donors (Lipinski definition) is 2. The summed E-state index contributed by atoms with van der Waals surface area (Å²) < 4.78 is 10.9. The predicted molar refractivity (Wildman–Crippen MR) is 146 cm³/mol. The standard InChI is InChI=1S/C24H23NO5.3C2H6/c26-23(27)22(15-18-7-3-1-4-8-18)25-24(28)30-17-20-11-13-21(14-12-20)29-16-19-9-5-2-6-10-19;3*1-2/h1-14,22H,15-17H2,(H,25,28)(H,26,27);3*1-2H3. The summed E-state index contributed by atoms with van der Waals surface area (Å²) in [6, 6.07) is 25.1. The molecule has 0 aliphatic rings. The van der Waals surface area contributed by atoms with E-state index in [0.29, 0.717) is 12.4 Å². The summed E-state index contributed by atoms with van der Waals surface area (Å²) in [5, 5.41) is 11.7. The van der Waals surface area contributed by atoms with Crippen molar-refractivity contribution in [1.29, 1.82) is 0 Å². The van der Waals surface area contributed by atoms with Crippen molar-refractivity contribution in [3.63, 3.8) is 0 Å². The Morgan fingerprint density at radius 2 is 1.17 bits per heavy atom. The van der Waals surface area contributed by atoms with Gasteiger partial charge in [0.1, 0.15) is 25.0 Å². The molecule has 0 saturated carbocycles. The zero-order chi connectivity index (χ0) is 27.2. The number of carbonyl (C=O) groups excluding carboxylic acids is 1. The molecule has 3 aromatic carbocycles. The smallest absolute Gasteiger partial charge is 0.408 e. The Bertz CT molecular complexity index is 944. The summed E-state index contributed by atoms with van der Waals surface area (Å²) in [7, 11) is 0. The quantitative estimate of drug-likeness (QED) is 0.326. The van der Waals surface area contributed by atoms with E-state index >= 15 is 0 Å². The normalized spacial score (nSPS) is 9.94. The number of hydrogen-bond acceptors (Lipinski definition) is 4. The predicted octanol–water partition coefficient (Wildman–Crippen LogP) is 7.27. The average Bonchev–Trinajstić information content (AvgIpc) is 2.95. The van der Waals surface area contributed by atoms with Crippen LogP contribution in [0.5, 0.6) is 5.75 Å². The van der Waals surface area contributed by atoms with Gasteiger partial charge in [-0.05, 0) is 28.8 Å². The van der Waals surface area contributed by atoms with Crippen molar-refractivity contribution in [3.8, 4) is 5.75 Å². The van der Waals surface area contributed by atoms with Gasteiger partial charge in [0.05, 0.1) is 0 Å². The first kappa shape index (κ1) is 32.2. The number of carboxylic acids is 1. The minimum atomic E-state index is -1.12. The highest BCUT2D eigenvalue weighted by atomic mass is 16.5. The molecule has 0 bridgehead atoms. The molecule has 3 rings (SSSR count). The minimum absolute atomic E-state index is 0.0302. The van der Waals surface area contributed by atoms with Gasteiger partial charge in [-0.15, -0.1) is 0 Å². The van der Waals surface area contributed by atoms with Crippen molar-refractivity contribution in [1.82, 2.24) is 5.32 Å². The maximum atomic E-state index is 12.0. The van der Waals surface area contributed by atoms with Crippen LogP contribution in [0, 0.1) is 0 Å². The lowest BCUT2D eigenvalue weighted by Gasteiger charge is -2.15. The molecule has 1 unspecified atom stereocenters. The van der Waals surface area contributed by atoms with Crippen LogP contribution in [0.2, 0.25) is 0 Å². The first-order valence-corrected chi connectivity index (χ1v) is 12.6. The van der Waals surface area contributed by atoms with Gasteiger partial charge in [0.25, 0.3) is 0 Å². The van der Waals surface area contributed by atoms with Crippen LogP contribution in [-0.4, -0.2) is 23.2 Å². The number of carboxylic acid groups (broad SMARTS) is 1. The van der Waals surface area contributed by atoms with Gasteiger partial charge in [0.2, 0.25) is 0 Å². The lowest BCUT2D eigenvalue weighted by molar-refractivity contribution is -0.139. The number of aliphatic carboxylic acids is 1. The Labute approximate surface area is 216 Å². The summed E-state index contributed by atoms with van der Waals surface area (Å²) in [6.45, 7) is 12.5. The van der Waals surface area contributed by atoms with Crippen molar-refractivity contribution in [3.05, 3.63) is 102 Å².